The molecule has 0 heterocycles. The van der Waals surface area contributed by atoms with Crippen LogP contribution < -0.4 is 9.47 Å². The Hall–Kier alpha value is -1.47. The lowest BCUT2D eigenvalue weighted by Crippen LogP contribution is -2.26. The molecule has 0 spiro atoms. The Kier molecular flexibility index (Phi) is 6.57. The molecule has 0 aromatic heterocycles. The first kappa shape index (κ1) is 19.8. The van der Waals surface area contributed by atoms with Gasteiger partial charge in [0.25, 0.3) is 0 Å². The van der Waals surface area contributed by atoms with Gasteiger partial charge in [-0.1, -0.05) is 35.3 Å². The smallest absolute Gasteiger partial charge is 0.244 e. The molecule has 0 radical (unpaired) electrons. The van der Waals surface area contributed by atoms with Crippen molar-refractivity contribution >= 4 is 33.2 Å². The lowest BCUT2D eigenvalue weighted by molar-refractivity contribution is 0.339. The van der Waals surface area contributed by atoms with Crippen LogP contribution in [0.5, 0.6) is 11.5 Å². The van der Waals surface area contributed by atoms with Gasteiger partial charge in [0.05, 0.1) is 18.7 Å². The Labute approximate surface area is 158 Å². The molecule has 0 bridgehead atoms. The van der Waals surface area contributed by atoms with Crippen LogP contribution >= 0.6 is 23.2 Å². The summed E-state index contributed by atoms with van der Waals surface area (Å²) in [5.41, 5.74) is 0.799. The fraction of sp³-hybridized carbons (Fsp3) is 0.294. The molecule has 5 nitrogen and oxygen atoms in total. The highest BCUT2D eigenvalue weighted by molar-refractivity contribution is 7.89. The molecule has 0 saturated carbocycles. The van der Waals surface area contributed by atoms with E-state index in [-0.39, 0.29) is 21.5 Å². The standard InChI is InChI=1S/C17H19Cl2NO4S/c1-4-24-13-7-5-6-12(10-13)11-20(2)25(21,22)15-9-8-14(23-3)16(18)17(15)19/h5-10H,4,11H2,1-3H3. The molecule has 0 fully saturated rings. The first-order chi connectivity index (χ1) is 11.8. The Morgan fingerprint density at radius 2 is 1.84 bits per heavy atom. The summed E-state index contributed by atoms with van der Waals surface area (Å²) in [6.45, 7) is 2.60. The van der Waals surface area contributed by atoms with Crippen LogP contribution in [0.2, 0.25) is 10.0 Å². The molecule has 8 heteroatoms. The quantitative estimate of drug-likeness (QED) is 0.694. The van der Waals surface area contributed by atoms with Crippen molar-refractivity contribution in [3.05, 3.63) is 52.0 Å². The van der Waals surface area contributed by atoms with Gasteiger partial charge < -0.3 is 9.47 Å². The molecule has 0 atom stereocenters. The fourth-order valence-corrected chi connectivity index (χ4v) is 4.25. The first-order valence-electron chi connectivity index (χ1n) is 7.51. The molecule has 0 saturated heterocycles. The molecule has 136 valence electrons. The number of halogens is 2. The Balaban J connectivity index is 2.30. The van der Waals surface area contributed by atoms with Gasteiger partial charge in [-0.3, -0.25) is 0 Å². The lowest BCUT2D eigenvalue weighted by atomic mass is 10.2. The number of sulfonamides is 1. The van der Waals surface area contributed by atoms with E-state index in [9.17, 15) is 8.42 Å². The van der Waals surface area contributed by atoms with Gasteiger partial charge in [-0.2, -0.15) is 4.31 Å². The molecule has 0 aliphatic rings. The van der Waals surface area contributed by atoms with Crippen molar-refractivity contribution in [2.75, 3.05) is 20.8 Å². The van der Waals surface area contributed by atoms with Gasteiger partial charge >= 0.3 is 0 Å². The minimum atomic E-state index is -3.82. The minimum Gasteiger partial charge on any atom is -0.495 e. The Morgan fingerprint density at radius 3 is 2.48 bits per heavy atom. The van der Waals surface area contributed by atoms with Gasteiger partial charge in [0, 0.05) is 13.6 Å². The van der Waals surface area contributed by atoms with Crippen molar-refractivity contribution in [1.29, 1.82) is 0 Å². The maximum Gasteiger partial charge on any atom is 0.244 e. The molecule has 0 aliphatic carbocycles. The summed E-state index contributed by atoms with van der Waals surface area (Å²) in [5, 5.41) is 0.00733. The number of hydrogen-bond donors (Lipinski definition) is 0. The summed E-state index contributed by atoms with van der Waals surface area (Å²) >= 11 is 12.2. The summed E-state index contributed by atoms with van der Waals surface area (Å²) in [6.07, 6.45) is 0. The van der Waals surface area contributed by atoms with Crippen LogP contribution in [-0.4, -0.2) is 33.5 Å². The van der Waals surface area contributed by atoms with Crippen LogP contribution in [0, 0.1) is 0 Å². The zero-order chi connectivity index (χ0) is 18.6. The molecule has 0 amide bonds. The van der Waals surface area contributed by atoms with Crippen molar-refractivity contribution in [3.63, 3.8) is 0 Å². The number of rotatable bonds is 7. The SMILES string of the molecule is CCOc1cccc(CN(C)S(=O)(=O)c2ccc(OC)c(Cl)c2Cl)c1. The maximum atomic E-state index is 12.8. The minimum absolute atomic E-state index is 0.0593. The van der Waals surface area contributed by atoms with Crippen LogP contribution in [-0.2, 0) is 16.6 Å². The van der Waals surface area contributed by atoms with Crippen molar-refractivity contribution in [2.45, 2.75) is 18.4 Å². The zero-order valence-electron chi connectivity index (χ0n) is 14.1. The second-order valence-corrected chi connectivity index (χ2v) is 8.00. The maximum absolute atomic E-state index is 12.8. The summed E-state index contributed by atoms with van der Waals surface area (Å²) in [5.74, 6) is 1.01. The number of nitrogens with zero attached hydrogens (tertiary/aromatic N) is 1. The highest BCUT2D eigenvalue weighted by Crippen LogP contribution is 2.37. The highest BCUT2D eigenvalue weighted by atomic mass is 35.5. The van der Waals surface area contributed by atoms with E-state index in [1.54, 1.807) is 6.07 Å². The molecule has 2 aromatic carbocycles. The van der Waals surface area contributed by atoms with Crippen molar-refractivity contribution in [3.8, 4) is 11.5 Å². The van der Waals surface area contributed by atoms with Gasteiger partial charge in [-0.15, -0.1) is 0 Å². The van der Waals surface area contributed by atoms with E-state index in [4.69, 9.17) is 32.7 Å². The van der Waals surface area contributed by atoms with Crippen LogP contribution in [0.1, 0.15) is 12.5 Å². The van der Waals surface area contributed by atoms with Gasteiger partial charge in [-0.25, -0.2) is 8.42 Å². The average molecular weight is 404 g/mol. The van der Waals surface area contributed by atoms with E-state index in [1.807, 2.05) is 25.1 Å². The van der Waals surface area contributed by atoms with Crippen molar-refractivity contribution in [2.24, 2.45) is 0 Å². The Morgan fingerprint density at radius 1 is 1.12 bits per heavy atom. The largest absolute Gasteiger partial charge is 0.495 e. The van der Waals surface area contributed by atoms with Crippen LogP contribution in [0.4, 0.5) is 0 Å². The van der Waals surface area contributed by atoms with Crippen molar-refractivity contribution in [1.82, 2.24) is 4.31 Å². The topological polar surface area (TPSA) is 55.8 Å². The van der Waals surface area contributed by atoms with Gasteiger partial charge in [0.15, 0.2) is 0 Å². The van der Waals surface area contributed by atoms with Crippen molar-refractivity contribution < 1.29 is 17.9 Å². The average Bonchev–Trinajstić information content (AvgIpc) is 2.57. The third kappa shape index (κ3) is 4.39. The van der Waals surface area contributed by atoms with E-state index in [0.717, 1.165) is 5.56 Å². The number of methoxy groups -OCH3 is 1. The molecule has 0 unspecified atom stereocenters. The van der Waals surface area contributed by atoms with E-state index in [2.05, 4.69) is 0 Å². The van der Waals surface area contributed by atoms with Gasteiger partial charge in [0.2, 0.25) is 10.0 Å². The first-order valence-corrected chi connectivity index (χ1v) is 9.71. The number of benzene rings is 2. The molecular weight excluding hydrogens is 385 g/mol. The summed E-state index contributed by atoms with van der Waals surface area (Å²) in [7, 11) is -0.903. The normalized spacial score (nSPS) is 11.6. The number of ether oxygens (including phenoxy) is 2. The molecule has 0 N–H and O–H groups in total. The third-order valence-corrected chi connectivity index (χ3v) is 6.36. The Bertz CT molecular complexity index is 856. The number of hydrogen-bond acceptors (Lipinski definition) is 4. The summed E-state index contributed by atoms with van der Waals surface area (Å²) < 4.78 is 37.4. The predicted octanol–water partition coefficient (Wildman–Crippen LogP) is 4.22. The molecular formula is C17H19Cl2NO4S. The van der Waals surface area contributed by atoms with E-state index in [0.29, 0.717) is 18.1 Å². The second kappa shape index (κ2) is 8.27. The third-order valence-electron chi connectivity index (χ3n) is 3.53. The zero-order valence-corrected chi connectivity index (χ0v) is 16.5. The summed E-state index contributed by atoms with van der Waals surface area (Å²) in [4.78, 5) is -0.0663. The molecule has 2 aromatic rings. The van der Waals surface area contributed by atoms with Gasteiger partial charge in [-0.05, 0) is 36.8 Å². The monoisotopic (exact) mass is 403 g/mol. The van der Waals surface area contributed by atoms with Crippen LogP contribution in [0.15, 0.2) is 41.3 Å². The van der Waals surface area contributed by atoms with Crippen LogP contribution in [0.3, 0.4) is 0 Å². The van der Waals surface area contributed by atoms with E-state index < -0.39 is 10.0 Å². The fourth-order valence-electron chi connectivity index (χ4n) is 2.28. The lowest BCUT2D eigenvalue weighted by Gasteiger charge is -2.19. The molecule has 0 aliphatic heterocycles. The second-order valence-electron chi connectivity index (χ2n) is 5.24. The van der Waals surface area contributed by atoms with E-state index in [1.165, 1.54) is 30.6 Å². The molecule has 2 rings (SSSR count). The highest BCUT2D eigenvalue weighted by Gasteiger charge is 2.26. The van der Waals surface area contributed by atoms with Gasteiger partial charge in [0.1, 0.15) is 21.4 Å². The predicted molar refractivity (Wildman–Crippen MR) is 99.3 cm³/mol. The molecule has 25 heavy (non-hydrogen) atoms. The van der Waals surface area contributed by atoms with E-state index >= 15 is 0 Å². The van der Waals surface area contributed by atoms with Crippen LogP contribution in [0.25, 0.3) is 0 Å². The summed E-state index contributed by atoms with van der Waals surface area (Å²) in [6, 6.07) is 10.1.